The van der Waals surface area contributed by atoms with E-state index in [2.05, 4.69) is 0 Å². The summed E-state index contributed by atoms with van der Waals surface area (Å²) in [5, 5.41) is 10.7. The SMILES string of the molecule is Cc1ccc(Oc2cccc([N+](=O)[O-])c2)c(C=O)c1. The molecule has 0 aliphatic carbocycles. The van der Waals surface area contributed by atoms with E-state index in [-0.39, 0.29) is 5.69 Å². The Balaban J connectivity index is 2.33. The van der Waals surface area contributed by atoms with Gasteiger partial charge in [0.1, 0.15) is 11.5 Å². The molecular weight excluding hydrogens is 246 g/mol. The first-order chi connectivity index (χ1) is 9.10. The van der Waals surface area contributed by atoms with Gasteiger partial charge in [-0.3, -0.25) is 14.9 Å². The minimum Gasteiger partial charge on any atom is -0.456 e. The second-order valence-electron chi connectivity index (χ2n) is 4.02. The Morgan fingerprint density at radius 2 is 2.00 bits per heavy atom. The Morgan fingerprint density at radius 1 is 1.21 bits per heavy atom. The molecule has 0 unspecified atom stereocenters. The number of rotatable bonds is 4. The number of nitrogens with zero attached hydrogens (tertiary/aromatic N) is 1. The lowest BCUT2D eigenvalue weighted by Gasteiger charge is -2.08. The van der Waals surface area contributed by atoms with E-state index in [0.717, 1.165) is 5.56 Å². The fourth-order valence-corrected chi connectivity index (χ4v) is 1.64. The number of carbonyl (C=O) groups is 1. The summed E-state index contributed by atoms with van der Waals surface area (Å²) in [6.07, 6.45) is 0.694. The highest BCUT2D eigenvalue weighted by Crippen LogP contribution is 2.27. The minimum atomic E-state index is -0.497. The van der Waals surface area contributed by atoms with Crippen molar-refractivity contribution in [1.82, 2.24) is 0 Å². The molecule has 2 aromatic carbocycles. The smallest absolute Gasteiger partial charge is 0.273 e. The van der Waals surface area contributed by atoms with Crippen LogP contribution in [0.5, 0.6) is 11.5 Å². The maximum Gasteiger partial charge on any atom is 0.273 e. The van der Waals surface area contributed by atoms with Crippen LogP contribution in [0, 0.1) is 17.0 Å². The van der Waals surface area contributed by atoms with E-state index in [1.807, 2.05) is 6.92 Å². The van der Waals surface area contributed by atoms with Crippen molar-refractivity contribution in [2.75, 3.05) is 0 Å². The number of non-ortho nitro benzene ring substituents is 1. The molecule has 5 nitrogen and oxygen atoms in total. The molecule has 0 atom stereocenters. The van der Waals surface area contributed by atoms with Gasteiger partial charge in [-0.05, 0) is 25.1 Å². The molecule has 0 heterocycles. The molecule has 0 N–H and O–H groups in total. The number of nitro groups is 1. The van der Waals surface area contributed by atoms with Crippen molar-refractivity contribution < 1.29 is 14.5 Å². The molecule has 2 aromatic rings. The van der Waals surface area contributed by atoms with E-state index in [0.29, 0.717) is 23.3 Å². The van der Waals surface area contributed by atoms with Gasteiger partial charge in [0.2, 0.25) is 0 Å². The number of hydrogen-bond donors (Lipinski definition) is 0. The van der Waals surface area contributed by atoms with Crippen LogP contribution in [0.4, 0.5) is 5.69 Å². The van der Waals surface area contributed by atoms with Crippen molar-refractivity contribution in [3.63, 3.8) is 0 Å². The summed E-state index contributed by atoms with van der Waals surface area (Å²) >= 11 is 0. The van der Waals surface area contributed by atoms with Crippen LogP contribution in [0.2, 0.25) is 0 Å². The van der Waals surface area contributed by atoms with Gasteiger partial charge >= 0.3 is 0 Å². The van der Waals surface area contributed by atoms with Crippen molar-refractivity contribution in [2.45, 2.75) is 6.92 Å². The van der Waals surface area contributed by atoms with E-state index in [1.165, 1.54) is 18.2 Å². The second kappa shape index (κ2) is 5.30. The van der Waals surface area contributed by atoms with Crippen LogP contribution < -0.4 is 4.74 Å². The molecule has 96 valence electrons. The molecule has 0 amide bonds. The first-order valence-electron chi connectivity index (χ1n) is 5.58. The Morgan fingerprint density at radius 3 is 2.68 bits per heavy atom. The average molecular weight is 257 g/mol. The predicted molar refractivity (Wildman–Crippen MR) is 69.7 cm³/mol. The van der Waals surface area contributed by atoms with Gasteiger partial charge in [0, 0.05) is 6.07 Å². The summed E-state index contributed by atoms with van der Waals surface area (Å²) in [6, 6.07) is 11.0. The Hall–Kier alpha value is -2.69. The Kier molecular flexibility index (Phi) is 3.56. The monoisotopic (exact) mass is 257 g/mol. The molecule has 0 saturated carbocycles. The fraction of sp³-hybridized carbons (Fsp3) is 0.0714. The van der Waals surface area contributed by atoms with E-state index in [1.54, 1.807) is 24.3 Å². The van der Waals surface area contributed by atoms with Crippen molar-refractivity contribution in [2.24, 2.45) is 0 Å². The van der Waals surface area contributed by atoms with Crippen LogP contribution in [-0.4, -0.2) is 11.2 Å². The quantitative estimate of drug-likeness (QED) is 0.477. The highest BCUT2D eigenvalue weighted by molar-refractivity contribution is 5.79. The summed E-state index contributed by atoms with van der Waals surface area (Å²) < 4.78 is 5.51. The van der Waals surface area contributed by atoms with Crippen LogP contribution in [0.25, 0.3) is 0 Å². The third-order valence-electron chi connectivity index (χ3n) is 2.55. The molecule has 0 radical (unpaired) electrons. The number of nitro benzene ring substituents is 1. The van der Waals surface area contributed by atoms with E-state index >= 15 is 0 Å². The van der Waals surface area contributed by atoms with Crippen LogP contribution in [-0.2, 0) is 0 Å². The number of aryl methyl sites for hydroxylation is 1. The first kappa shape index (κ1) is 12.8. The van der Waals surface area contributed by atoms with Crippen molar-refractivity contribution in [3.8, 4) is 11.5 Å². The highest BCUT2D eigenvalue weighted by Gasteiger charge is 2.09. The van der Waals surface area contributed by atoms with Crippen LogP contribution in [0.3, 0.4) is 0 Å². The van der Waals surface area contributed by atoms with Gasteiger partial charge in [0.25, 0.3) is 5.69 Å². The summed E-state index contributed by atoms with van der Waals surface area (Å²) in [5.41, 5.74) is 1.29. The van der Waals surface area contributed by atoms with Gasteiger partial charge in [-0.15, -0.1) is 0 Å². The molecule has 0 spiro atoms. The van der Waals surface area contributed by atoms with Gasteiger partial charge in [0.05, 0.1) is 16.6 Å². The minimum absolute atomic E-state index is 0.0581. The molecule has 0 bridgehead atoms. The zero-order valence-corrected chi connectivity index (χ0v) is 10.2. The van der Waals surface area contributed by atoms with Gasteiger partial charge in [0.15, 0.2) is 6.29 Å². The summed E-state index contributed by atoms with van der Waals surface area (Å²) in [4.78, 5) is 21.1. The molecule has 0 fully saturated rings. The Bertz CT molecular complexity index is 637. The lowest BCUT2D eigenvalue weighted by atomic mass is 10.1. The maximum absolute atomic E-state index is 11.0. The third-order valence-corrected chi connectivity index (χ3v) is 2.55. The Labute approximate surface area is 109 Å². The molecule has 0 aliphatic rings. The van der Waals surface area contributed by atoms with E-state index < -0.39 is 4.92 Å². The molecule has 2 rings (SSSR count). The second-order valence-corrected chi connectivity index (χ2v) is 4.02. The predicted octanol–water partition coefficient (Wildman–Crippen LogP) is 3.51. The van der Waals surface area contributed by atoms with Gasteiger partial charge in [-0.25, -0.2) is 0 Å². The van der Waals surface area contributed by atoms with Crippen LogP contribution >= 0.6 is 0 Å². The number of ether oxygens (including phenoxy) is 1. The molecule has 0 aliphatic heterocycles. The van der Waals surface area contributed by atoms with Crippen LogP contribution in [0.1, 0.15) is 15.9 Å². The number of aldehydes is 1. The summed E-state index contributed by atoms with van der Waals surface area (Å²) in [6.45, 7) is 1.87. The normalized spacial score (nSPS) is 9.95. The number of carbonyl (C=O) groups excluding carboxylic acids is 1. The van der Waals surface area contributed by atoms with Crippen molar-refractivity contribution in [3.05, 3.63) is 63.7 Å². The number of benzene rings is 2. The molecule has 19 heavy (non-hydrogen) atoms. The molecule has 0 saturated heterocycles. The van der Waals surface area contributed by atoms with E-state index in [9.17, 15) is 14.9 Å². The number of hydrogen-bond acceptors (Lipinski definition) is 4. The average Bonchev–Trinajstić information content (AvgIpc) is 2.41. The highest BCUT2D eigenvalue weighted by atomic mass is 16.6. The molecule has 0 aromatic heterocycles. The summed E-state index contributed by atoms with van der Waals surface area (Å²) in [7, 11) is 0. The maximum atomic E-state index is 11.0. The standard InChI is InChI=1S/C14H11NO4/c1-10-5-6-14(11(7-10)9-16)19-13-4-2-3-12(8-13)15(17)18/h2-9H,1H3. The van der Waals surface area contributed by atoms with Crippen LogP contribution in [0.15, 0.2) is 42.5 Å². The lowest BCUT2D eigenvalue weighted by Crippen LogP contribution is -1.93. The van der Waals surface area contributed by atoms with Gasteiger partial charge < -0.3 is 4.74 Å². The molecular formula is C14H11NO4. The zero-order valence-electron chi connectivity index (χ0n) is 10.2. The van der Waals surface area contributed by atoms with E-state index in [4.69, 9.17) is 4.74 Å². The lowest BCUT2D eigenvalue weighted by molar-refractivity contribution is -0.384. The molecule has 5 heteroatoms. The van der Waals surface area contributed by atoms with Gasteiger partial charge in [-0.1, -0.05) is 17.7 Å². The van der Waals surface area contributed by atoms with Crippen molar-refractivity contribution >= 4 is 12.0 Å². The first-order valence-corrected chi connectivity index (χ1v) is 5.58. The van der Waals surface area contributed by atoms with Gasteiger partial charge in [-0.2, -0.15) is 0 Å². The third kappa shape index (κ3) is 2.95. The fourth-order valence-electron chi connectivity index (χ4n) is 1.64. The summed E-state index contributed by atoms with van der Waals surface area (Å²) in [5.74, 6) is 0.697. The zero-order chi connectivity index (χ0) is 13.8. The topological polar surface area (TPSA) is 69.4 Å². The largest absolute Gasteiger partial charge is 0.456 e. The van der Waals surface area contributed by atoms with Crippen molar-refractivity contribution in [1.29, 1.82) is 0 Å².